The lowest BCUT2D eigenvalue weighted by Crippen LogP contribution is -2.22. The summed E-state index contributed by atoms with van der Waals surface area (Å²) in [5, 5.41) is 0.0635. The highest BCUT2D eigenvalue weighted by atomic mass is 127. The molecule has 0 amide bonds. The molecule has 6 nitrogen and oxygen atoms in total. The topological polar surface area (TPSA) is 70.6 Å². The number of rotatable bonds is 4. The number of halogens is 2. The van der Waals surface area contributed by atoms with Gasteiger partial charge < -0.3 is 4.74 Å². The first-order chi connectivity index (χ1) is 9.74. The fraction of sp³-hybridized carbons (Fsp3) is 0.167. The first-order valence-electron chi connectivity index (χ1n) is 5.78. The molecule has 1 N–H and O–H groups in total. The summed E-state index contributed by atoms with van der Waals surface area (Å²) < 4.78 is 11.7. The average molecular weight is 405 g/mol. The number of ether oxygens (including phenoxy) is 1. The van der Waals surface area contributed by atoms with E-state index in [1.807, 2.05) is 33.4 Å². The van der Waals surface area contributed by atoms with E-state index in [9.17, 15) is 4.79 Å². The molecule has 1 aromatic heterocycles. The zero-order valence-corrected chi connectivity index (χ0v) is 13.1. The number of nitrogens with one attached hydrogen (secondary N) is 1. The van der Waals surface area contributed by atoms with Crippen molar-refractivity contribution < 1.29 is 4.74 Å². The van der Waals surface area contributed by atoms with Gasteiger partial charge in [-0.05, 0) is 17.2 Å². The number of nitrogens with zero attached hydrogens (tertiary/aromatic N) is 3. The van der Waals surface area contributed by atoms with Gasteiger partial charge in [0.25, 0.3) is 5.56 Å². The summed E-state index contributed by atoms with van der Waals surface area (Å²) in [6, 6.07) is 9.86. The Morgan fingerprint density at radius 3 is 2.95 bits per heavy atom. The minimum atomic E-state index is -0.673. The summed E-state index contributed by atoms with van der Waals surface area (Å²) in [5.41, 5.74) is 1.27. The molecule has 0 saturated carbocycles. The number of anilines is 1. The molecule has 0 spiro atoms. The van der Waals surface area contributed by atoms with E-state index in [4.69, 9.17) is 16.3 Å². The van der Waals surface area contributed by atoms with E-state index in [0.717, 1.165) is 5.56 Å². The van der Waals surface area contributed by atoms with Crippen LogP contribution in [0.2, 0.25) is 5.28 Å². The van der Waals surface area contributed by atoms with Gasteiger partial charge >= 0.3 is 0 Å². The third kappa shape index (κ3) is 2.89. The number of H-pyrrole nitrogens is 1. The van der Waals surface area contributed by atoms with E-state index >= 15 is 0 Å². The number of aromatic amines is 1. The molecule has 8 heteroatoms. The fourth-order valence-corrected chi connectivity index (χ4v) is 3.67. The van der Waals surface area contributed by atoms with Crippen molar-refractivity contribution in [2.75, 3.05) is 9.84 Å². The SMILES string of the molecule is O=c1[nH]c(Cl)nc2c1N(COCc1ccccc1)I=N2. The van der Waals surface area contributed by atoms with Crippen LogP contribution < -0.4 is 8.67 Å². The maximum atomic E-state index is 11.9. The predicted molar refractivity (Wildman–Crippen MR) is 84.6 cm³/mol. The summed E-state index contributed by atoms with van der Waals surface area (Å²) in [7, 11) is 0. The number of hydrogen-bond donors (Lipinski definition) is 1. The molecule has 104 valence electrons. The number of aromatic nitrogens is 2. The van der Waals surface area contributed by atoms with Gasteiger partial charge in [0.05, 0.1) is 6.61 Å². The molecule has 0 radical (unpaired) electrons. The van der Waals surface area contributed by atoms with Crippen molar-refractivity contribution in [1.29, 1.82) is 0 Å². The molecule has 0 saturated heterocycles. The summed E-state index contributed by atoms with van der Waals surface area (Å²) in [4.78, 5) is 18.3. The van der Waals surface area contributed by atoms with Crippen LogP contribution in [0.4, 0.5) is 11.5 Å². The van der Waals surface area contributed by atoms with Gasteiger partial charge in [-0.1, -0.05) is 30.3 Å². The van der Waals surface area contributed by atoms with Crippen LogP contribution in [0, 0.1) is 0 Å². The highest BCUT2D eigenvalue weighted by Gasteiger charge is 2.22. The van der Waals surface area contributed by atoms with Crippen LogP contribution >= 0.6 is 32.9 Å². The van der Waals surface area contributed by atoms with Crippen molar-refractivity contribution in [2.24, 2.45) is 3.15 Å². The van der Waals surface area contributed by atoms with Crippen molar-refractivity contribution in [2.45, 2.75) is 6.61 Å². The second-order valence-electron chi connectivity index (χ2n) is 4.01. The van der Waals surface area contributed by atoms with Gasteiger partial charge in [-0.3, -0.25) is 12.9 Å². The zero-order valence-electron chi connectivity index (χ0n) is 10.2. The predicted octanol–water partition coefficient (Wildman–Crippen LogP) is 3.12. The van der Waals surface area contributed by atoms with Crippen molar-refractivity contribution in [3.05, 3.63) is 51.5 Å². The third-order valence-corrected chi connectivity index (χ3v) is 4.75. The van der Waals surface area contributed by atoms with Gasteiger partial charge in [-0.2, -0.15) is 8.13 Å². The Labute approximate surface area is 130 Å². The minimum absolute atomic E-state index is 0.0635. The number of benzene rings is 1. The molecule has 2 aromatic rings. The lowest BCUT2D eigenvalue weighted by Gasteiger charge is -2.13. The molecule has 1 aliphatic heterocycles. The van der Waals surface area contributed by atoms with Crippen LogP contribution in [0.5, 0.6) is 0 Å². The van der Waals surface area contributed by atoms with Gasteiger partial charge in [0.2, 0.25) is 5.28 Å². The molecule has 0 unspecified atom stereocenters. The fourth-order valence-electron chi connectivity index (χ4n) is 1.73. The van der Waals surface area contributed by atoms with Crippen LogP contribution in [-0.2, 0) is 11.3 Å². The molecular weight excluding hydrogens is 395 g/mol. The summed E-state index contributed by atoms with van der Waals surface area (Å²) in [6.45, 7) is 0.820. The maximum absolute atomic E-state index is 11.9. The minimum Gasteiger partial charge on any atom is -0.356 e. The standard InChI is InChI=1S/C12H10ClIN4O2/c13-12-15-10-9(11(19)16-12)18(14-17-10)7-20-6-8-4-2-1-3-5-8/h1-5H,6-7H2,(H,15,16,19). The van der Waals surface area contributed by atoms with E-state index in [1.54, 1.807) is 0 Å². The highest BCUT2D eigenvalue weighted by Crippen LogP contribution is 2.37. The summed E-state index contributed by atoms with van der Waals surface area (Å²) >= 11 is 5.02. The Hall–Kier alpha value is -1.32. The van der Waals surface area contributed by atoms with Gasteiger partial charge in [-0.25, -0.2) is 0 Å². The largest absolute Gasteiger partial charge is 0.356 e. The van der Waals surface area contributed by atoms with Crippen molar-refractivity contribution in [3.8, 4) is 0 Å². The van der Waals surface area contributed by atoms with Crippen molar-refractivity contribution in [3.63, 3.8) is 0 Å². The van der Waals surface area contributed by atoms with E-state index in [-0.39, 0.29) is 10.8 Å². The van der Waals surface area contributed by atoms with Crippen LogP contribution in [0.15, 0.2) is 38.3 Å². The first-order valence-corrected chi connectivity index (χ1v) is 8.09. The van der Waals surface area contributed by atoms with E-state index in [2.05, 4.69) is 13.1 Å². The maximum Gasteiger partial charge on any atom is 0.278 e. The Balaban J connectivity index is 1.67. The third-order valence-electron chi connectivity index (χ3n) is 2.62. The molecule has 1 aliphatic rings. The van der Waals surface area contributed by atoms with Crippen LogP contribution in [-0.4, -0.2) is 16.7 Å². The molecule has 3 rings (SSSR count). The first kappa shape index (κ1) is 13.7. The van der Waals surface area contributed by atoms with E-state index < -0.39 is 21.3 Å². The Kier molecular flexibility index (Phi) is 4.08. The normalized spacial score (nSPS) is 13.2. The molecule has 0 atom stereocenters. The Morgan fingerprint density at radius 1 is 1.35 bits per heavy atom. The van der Waals surface area contributed by atoms with E-state index in [1.165, 1.54) is 0 Å². The van der Waals surface area contributed by atoms with Crippen LogP contribution in [0.25, 0.3) is 0 Å². The molecule has 0 bridgehead atoms. The smallest absolute Gasteiger partial charge is 0.278 e. The van der Waals surface area contributed by atoms with Crippen LogP contribution in [0.1, 0.15) is 5.56 Å². The lowest BCUT2D eigenvalue weighted by molar-refractivity contribution is 0.133. The Morgan fingerprint density at radius 2 is 2.15 bits per heavy atom. The molecular formula is C12H10ClIN4O2. The highest BCUT2D eigenvalue weighted by molar-refractivity contribution is 14.2. The quantitative estimate of drug-likeness (QED) is 0.483. The van der Waals surface area contributed by atoms with Gasteiger partial charge in [-0.15, -0.1) is 0 Å². The lowest BCUT2D eigenvalue weighted by atomic mass is 10.2. The van der Waals surface area contributed by atoms with Gasteiger partial charge in [0.1, 0.15) is 28.0 Å². The second kappa shape index (κ2) is 5.98. The zero-order chi connectivity index (χ0) is 13.9. The van der Waals surface area contributed by atoms with Gasteiger partial charge in [0.15, 0.2) is 11.5 Å². The van der Waals surface area contributed by atoms with Gasteiger partial charge in [0, 0.05) is 0 Å². The Bertz CT molecular complexity index is 704. The monoisotopic (exact) mass is 404 g/mol. The van der Waals surface area contributed by atoms with Crippen molar-refractivity contribution >= 4 is 44.4 Å². The molecule has 20 heavy (non-hydrogen) atoms. The molecule has 0 aliphatic carbocycles. The summed E-state index contributed by atoms with van der Waals surface area (Å²) in [6.07, 6.45) is 0. The summed E-state index contributed by atoms with van der Waals surface area (Å²) in [5.74, 6) is 0.412. The van der Waals surface area contributed by atoms with Crippen LogP contribution in [0.3, 0.4) is 0 Å². The van der Waals surface area contributed by atoms with Crippen molar-refractivity contribution in [1.82, 2.24) is 9.97 Å². The second-order valence-corrected chi connectivity index (χ2v) is 6.45. The molecule has 1 aromatic carbocycles. The van der Waals surface area contributed by atoms with E-state index in [0.29, 0.717) is 24.8 Å². The molecule has 2 heterocycles. The molecule has 0 fully saturated rings. The number of hydrogen-bond acceptors (Lipinski definition) is 5. The number of fused-ring (bicyclic) bond motifs is 1. The average Bonchev–Trinajstić information content (AvgIpc) is 2.83.